The average Bonchev–Trinajstić information content (AvgIpc) is 3.00. The second kappa shape index (κ2) is 6.83. The van der Waals surface area contributed by atoms with Gasteiger partial charge in [-0.05, 0) is 19.1 Å². The topological polar surface area (TPSA) is 108 Å². The fraction of sp³-hybridized carbons (Fsp3) is 0.333. The SMILES string of the molecule is COCCOC(=O)C1=C(C)OC(N)=C(C#N)[C@@H]1c1ccco1. The molecule has 1 aliphatic rings. The van der Waals surface area contributed by atoms with E-state index in [1.807, 2.05) is 6.07 Å². The summed E-state index contributed by atoms with van der Waals surface area (Å²) in [6, 6.07) is 5.30. The van der Waals surface area contributed by atoms with Gasteiger partial charge in [-0.3, -0.25) is 0 Å². The van der Waals surface area contributed by atoms with Gasteiger partial charge in [-0.25, -0.2) is 4.79 Å². The lowest BCUT2D eigenvalue weighted by Crippen LogP contribution is -2.26. The number of furan rings is 1. The van der Waals surface area contributed by atoms with Crippen LogP contribution in [0.2, 0.25) is 0 Å². The van der Waals surface area contributed by atoms with E-state index >= 15 is 0 Å². The maximum Gasteiger partial charge on any atom is 0.338 e. The van der Waals surface area contributed by atoms with Gasteiger partial charge >= 0.3 is 5.97 Å². The highest BCUT2D eigenvalue weighted by atomic mass is 16.6. The van der Waals surface area contributed by atoms with Crippen LogP contribution in [0, 0.1) is 11.3 Å². The molecule has 116 valence electrons. The molecule has 1 atom stereocenters. The van der Waals surface area contributed by atoms with Crippen LogP contribution in [-0.2, 0) is 19.0 Å². The van der Waals surface area contributed by atoms with Gasteiger partial charge < -0.3 is 24.4 Å². The molecule has 2 heterocycles. The van der Waals surface area contributed by atoms with Crippen LogP contribution in [-0.4, -0.2) is 26.3 Å². The third-order valence-corrected chi connectivity index (χ3v) is 3.17. The van der Waals surface area contributed by atoms with Crippen LogP contribution in [0.5, 0.6) is 0 Å². The third kappa shape index (κ3) is 2.97. The number of methoxy groups -OCH3 is 1. The minimum absolute atomic E-state index is 0.0464. The first-order valence-corrected chi connectivity index (χ1v) is 6.58. The van der Waals surface area contributed by atoms with E-state index in [0.717, 1.165) is 0 Å². The predicted molar refractivity (Wildman–Crippen MR) is 74.9 cm³/mol. The zero-order valence-electron chi connectivity index (χ0n) is 12.3. The molecule has 1 aromatic rings. The number of carbonyl (C=O) groups excluding carboxylic acids is 1. The Hall–Kier alpha value is -2.72. The van der Waals surface area contributed by atoms with Crippen LogP contribution in [0.1, 0.15) is 18.6 Å². The molecular formula is C15H16N2O5. The molecule has 1 aliphatic heterocycles. The van der Waals surface area contributed by atoms with Crippen LogP contribution < -0.4 is 5.73 Å². The highest BCUT2D eigenvalue weighted by Gasteiger charge is 2.37. The van der Waals surface area contributed by atoms with Gasteiger partial charge in [-0.1, -0.05) is 0 Å². The van der Waals surface area contributed by atoms with Crippen molar-refractivity contribution in [2.75, 3.05) is 20.3 Å². The first-order chi connectivity index (χ1) is 10.6. The number of nitriles is 1. The molecular weight excluding hydrogens is 288 g/mol. The van der Waals surface area contributed by atoms with Gasteiger partial charge in [0.15, 0.2) is 0 Å². The van der Waals surface area contributed by atoms with Crippen LogP contribution in [0.4, 0.5) is 0 Å². The first-order valence-electron chi connectivity index (χ1n) is 6.58. The number of esters is 1. The molecule has 0 unspecified atom stereocenters. The van der Waals surface area contributed by atoms with E-state index in [2.05, 4.69) is 0 Å². The van der Waals surface area contributed by atoms with Crippen molar-refractivity contribution in [3.63, 3.8) is 0 Å². The number of ether oxygens (including phenoxy) is 3. The Labute approximate surface area is 127 Å². The molecule has 22 heavy (non-hydrogen) atoms. The number of allylic oxidation sites excluding steroid dienone is 2. The second-order valence-electron chi connectivity index (χ2n) is 4.54. The van der Waals surface area contributed by atoms with E-state index in [1.165, 1.54) is 13.4 Å². The van der Waals surface area contributed by atoms with Gasteiger partial charge in [0.2, 0.25) is 5.88 Å². The molecule has 2 N–H and O–H groups in total. The van der Waals surface area contributed by atoms with Gasteiger partial charge in [-0.15, -0.1) is 0 Å². The monoisotopic (exact) mass is 304 g/mol. The Bertz CT molecular complexity index is 652. The number of nitrogens with zero attached hydrogens (tertiary/aromatic N) is 1. The summed E-state index contributed by atoms with van der Waals surface area (Å²) in [5.74, 6) is -0.698. The Kier molecular flexibility index (Phi) is 4.86. The van der Waals surface area contributed by atoms with E-state index < -0.39 is 11.9 Å². The van der Waals surface area contributed by atoms with E-state index in [0.29, 0.717) is 5.76 Å². The molecule has 0 aromatic carbocycles. The van der Waals surface area contributed by atoms with Crippen molar-refractivity contribution in [3.8, 4) is 6.07 Å². The molecule has 2 rings (SSSR count). The van der Waals surface area contributed by atoms with E-state index in [1.54, 1.807) is 19.1 Å². The number of rotatable bonds is 5. The molecule has 0 amide bonds. The number of nitrogens with two attached hydrogens (primary N) is 1. The zero-order valence-corrected chi connectivity index (χ0v) is 12.3. The van der Waals surface area contributed by atoms with Crippen molar-refractivity contribution in [2.45, 2.75) is 12.8 Å². The van der Waals surface area contributed by atoms with Crippen molar-refractivity contribution in [1.82, 2.24) is 0 Å². The summed E-state index contributed by atoms with van der Waals surface area (Å²) in [5, 5.41) is 9.33. The Morgan fingerprint density at radius 3 is 2.86 bits per heavy atom. The number of hydrogen-bond donors (Lipinski definition) is 1. The molecule has 0 fully saturated rings. The molecule has 0 saturated heterocycles. The minimum Gasteiger partial charge on any atom is -0.468 e. The first kappa shape index (κ1) is 15.7. The van der Waals surface area contributed by atoms with Crippen LogP contribution in [0.3, 0.4) is 0 Å². The van der Waals surface area contributed by atoms with Gasteiger partial charge in [-0.2, -0.15) is 5.26 Å². The minimum atomic E-state index is -0.746. The summed E-state index contributed by atoms with van der Waals surface area (Å²) >= 11 is 0. The molecule has 7 heteroatoms. The van der Waals surface area contributed by atoms with E-state index in [-0.39, 0.29) is 36.0 Å². The Morgan fingerprint density at radius 2 is 2.27 bits per heavy atom. The standard InChI is InChI=1S/C15H16N2O5/c1-9-12(15(18)21-7-6-19-2)13(11-4-3-5-20-11)10(8-16)14(17)22-9/h3-5,13H,6-7,17H2,1-2H3/t13-/m1/s1. The lowest BCUT2D eigenvalue weighted by molar-refractivity contribution is -0.140. The van der Waals surface area contributed by atoms with Gasteiger partial charge in [0.1, 0.15) is 29.8 Å². The van der Waals surface area contributed by atoms with Crippen LogP contribution in [0.15, 0.2) is 45.6 Å². The average molecular weight is 304 g/mol. The maximum absolute atomic E-state index is 12.3. The van der Waals surface area contributed by atoms with E-state index in [4.69, 9.17) is 24.4 Å². The largest absolute Gasteiger partial charge is 0.468 e. The fourth-order valence-electron chi connectivity index (χ4n) is 2.18. The Balaban J connectivity index is 2.38. The molecule has 1 aromatic heterocycles. The van der Waals surface area contributed by atoms with Crippen molar-refractivity contribution >= 4 is 5.97 Å². The molecule has 7 nitrogen and oxygen atoms in total. The quantitative estimate of drug-likeness (QED) is 0.649. The van der Waals surface area contributed by atoms with Crippen molar-refractivity contribution in [2.24, 2.45) is 5.73 Å². The van der Waals surface area contributed by atoms with Gasteiger partial charge in [0.05, 0.1) is 24.4 Å². The summed E-state index contributed by atoms with van der Waals surface area (Å²) in [6.45, 7) is 1.95. The molecule has 0 bridgehead atoms. The van der Waals surface area contributed by atoms with Gasteiger partial charge in [0, 0.05) is 7.11 Å². The molecule has 0 radical (unpaired) electrons. The number of carbonyl (C=O) groups is 1. The van der Waals surface area contributed by atoms with Crippen LogP contribution >= 0.6 is 0 Å². The predicted octanol–water partition coefficient (Wildman–Crippen LogP) is 1.55. The summed E-state index contributed by atoms with van der Waals surface area (Å²) < 4.78 is 20.6. The van der Waals surface area contributed by atoms with Crippen molar-refractivity contribution < 1.29 is 23.4 Å². The zero-order chi connectivity index (χ0) is 16.1. The van der Waals surface area contributed by atoms with Crippen LogP contribution in [0.25, 0.3) is 0 Å². The highest BCUT2D eigenvalue weighted by molar-refractivity contribution is 5.92. The Morgan fingerprint density at radius 1 is 1.50 bits per heavy atom. The normalized spacial score (nSPS) is 18.0. The lowest BCUT2D eigenvalue weighted by atomic mass is 9.87. The van der Waals surface area contributed by atoms with E-state index in [9.17, 15) is 10.1 Å². The summed E-state index contributed by atoms with van der Waals surface area (Å²) in [6.07, 6.45) is 1.46. The molecule has 0 spiro atoms. The third-order valence-electron chi connectivity index (χ3n) is 3.17. The maximum atomic E-state index is 12.3. The fourth-order valence-corrected chi connectivity index (χ4v) is 2.18. The smallest absolute Gasteiger partial charge is 0.338 e. The van der Waals surface area contributed by atoms with Crippen molar-refractivity contribution in [3.05, 3.63) is 46.9 Å². The second-order valence-corrected chi connectivity index (χ2v) is 4.54. The summed E-state index contributed by atoms with van der Waals surface area (Å²) in [4.78, 5) is 12.3. The summed E-state index contributed by atoms with van der Waals surface area (Å²) in [5.41, 5.74) is 6.05. The lowest BCUT2D eigenvalue weighted by Gasteiger charge is -2.25. The molecule has 0 saturated carbocycles. The van der Waals surface area contributed by atoms with Gasteiger partial charge in [0.25, 0.3) is 0 Å². The highest BCUT2D eigenvalue weighted by Crippen LogP contribution is 2.39. The van der Waals surface area contributed by atoms with Crippen molar-refractivity contribution in [1.29, 1.82) is 5.26 Å². The summed E-state index contributed by atoms with van der Waals surface area (Å²) in [7, 11) is 1.50. The number of hydrogen-bond acceptors (Lipinski definition) is 7. The molecule has 0 aliphatic carbocycles.